The van der Waals surface area contributed by atoms with Crippen molar-refractivity contribution in [2.75, 3.05) is 13.2 Å². The van der Waals surface area contributed by atoms with Crippen LogP contribution in [0.25, 0.3) is 0 Å². The maximum absolute atomic E-state index is 5.73. The first-order chi connectivity index (χ1) is 8.07. The van der Waals surface area contributed by atoms with Gasteiger partial charge < -0.3 is 14.0 Å². The maximum atomic E-state index is 5.73. The minimum Gasteiger partial charge on any atom is -0.385 e. The van der Waals surface area contributed by atoms with Crippen LogP contribution < -0.4 is 0 Å². The molecule has 1 saturated heterocycles. The third-order valence-electron chi connectivity index (χ3n) is 2.80. The molecule has 1 aromatic rings. The topological polar surface area (TPSA) is 27.7 Å². The monoisotopic (exact) mass is 234 g/mol. The minimum absolute atomic E-state index is 0.0255. The first-order valence-corrected chi connectivity index (χ1v) is 6.00. The summed E-state index contributed by atoms with van der Waals surface area (Å²) in [4.78, 5) is 0. The van der Waals surface area contributed by atoms with Crippen LogP contribution in [0.3, 0.4) is 0 Å². The largest absolute Gasteiger partial charge is 0.639 e. The first-order valence-electron chi connectivity index (χ1n) is 6.00. The lowest BCUT2D eigenvalue weighted by molar-refractivity contribution is -0.0308. The Balaban J connectivity index is 1.86. The van der Waals surface area contributed by atoms with Crippen LogP contribution in [0.1, 0.15) is 32.4 Å². The molecule has 4 heteroatoms. The summed E-state index contributed by atoms with van der Waals surface area (Å²) in [6.07, 6.45) is -0.0255. The molecule has 3 nitrogen and oxygen atoms in total. The Morgan fingerprint density at radius 3 is 2.35 bits per heavy atom. The van der Waals surface area contributed by atoms with Crippen LogP contribution in [0.2, 0.25) is 0 Å². The van der Waals surface area contributed by atoms with Crippen molar-refractivity contribution in [2.24, 2.45) is 5.41 Å². The molecule has 0 N–H and O–H groups in total. The molecule has 1 fully saturated rings. The van der Waals surface area contributed by atoms with Gasteiger partial charge in [0.2, 0.25) is 0 Å². The van der Waals surface area contributed by atoms with E-state index in [1.807, 2.05) is 37.3 Å². The summed E-state index contributed by atoms with van der Waals surface area (Å²) in [5.74, 6) is 0. The number of hydrogen-bond donors (Lipinski definition) is 0. The van der Waals surface area contributed by atoms with Gasteiger partial charge in [-0.15, -0.1) is 0 Å². The Morgan fingerprint density at radius 2 is 1.76 bits per heavy atom. The zero-order valence-corrected chi connectivity index (χ0v) is 10.7. The molecule has 0 radical (unpaired) electrons. The van der Waals surface area contributed by atoms with Gasteiger partial charge in [-0.3, -0.25) is 0 Å². The number of hydrogen-bond acceptors (Lipinski definition) is 3. The fourth-order valence-corrected chi connectivity index (χ4v) is 1.72. The standard InChI is InChI=1S/C13H19BO3/c1-11(12-7-5-4-6-8-12)17-14-15-9-13(2,3)10-16-14/h4-8,11H,9-10H2,1-3H3. The molecule has 2 rings (SSSR count). The van der Waals surface area contributed by atoms with Gasteiger partial charge in [0.25, 0.3) is 0 Å². The molecule has 1 aliphatic rings. The average molecular weight is 234 g/mol. The fourth-order valence-electron chi connectivity index (χ4n) is 1.72. The van der Waals surface area contributed by atoms with E-state index < -0.39 is 7.32 Å². The molecule has 1 aliphatic heterocycles. The number of benzene rings is 1. The van der Waals surface area contributed by atoms with Gasteiger partial charge in [-0.05, 0) is 12.5 Å². The van der Waals surface area contributed by atoms with Gasteiger partial charge in [0, 0.05) is 18.6 Å². The molecule has 0 bridgehead atoms. The Bertz CT molecular complexity index is 343. The molecule has 17 heavy (non-hydrogen) atoms. The van der Waals surface area contributed by atoms with E-state index in [-0.39, 0.29) is 11.5 Å². The van der Waals surface area contributed by atoms with Gasteiger partial charge in [-0.25, -0.2) is 0 Å². The lowest BCUT2D eigenvalue weighted by atomic mass is 9.92. The molecule has 92 valence electrons. The summed E-state index contributed by atoms with van der Waals surface area (Å²) in [5.41, 5.74) is 1.21. The normalized spacial score (nSPS) is 21.2. The predicted octanol–water partition coefficient (Wildman–Crippen LogP) is 2.82. The lowest BCUT2D eigenvalue weighted by Crippen LogP contribution is -2.42. The van der Waals surface area contributed by atoms with Crippen LogP contribution in [0.5, 0.6) is 0 Å². The van der Waals surface area contributed by atoms with E-state index in [1.54, 1.807) is 0 Å². The molecular formula is C13H19BO3. The van der Waals surface area contributed by atoms with E-state index in [0.29, 0.717) is 13.2 Å². The zero-order valence-electron chi connectivity index (χ0n) is 10.7. The van der Waals surface area contributed by atoms with Crippen LogP contribution in [0, 0.1) is 5.41 Å². The van der Waals surface area contributed by atoms with Crippen molar-refractivity contribution in [3.63, 3.8) is 0 Å². The van der Waals surface area contributed by atoms with Crippen LogP contribution in [0.15, 0.2) is 30.3 Å². The van der Waals surface area contributed by atoms with E-state index in [0.717, 1.165) is 5.56 Å². The second-order valence-corrected chi connectivity index (χ2v) is 5.26. The second-order valence-electron chi connectivity index (χ2n) is 5.26. The van der Waals surface area contributed by atoms with Crippen LogP contribution in [-0.2, 0) is 14.0 Å². The highest BCUT2D eigenvalue weighted by molar-refractivity contribution is 6.36. The molecule has 1 unspecified atom stereocenters. The Kier molecular flexibility index (Phi) is 3.87. The summed E-state index contributed by atoms with van der Waals surface area (Å²) in [6.45, 7) is 7.56. The Labute approximate surface area is 103 Å². The van der Waals surface area contributed by atoms with Crippen molar-refractivity contribution in [3.8, 4) is 0 Å². The molecule has 0 aliphatic carbocycles. The van der Waals surface area contributed by atoms with Crippen LogP contribution >= 0.6 is 0 Å². The quantitative estimate of drug-likeness (QED) is 0.752. The van der Waals surface area contributed by atoms with E-state index in [1.165, 1.54) is 0 Å². The zero-order chi connectivity index (χ0) is 12.3. The summed E-state index contributed by atoms with van der Waals surface area (Å²) in [5, 5.41) is 0. The van der Waals surface area contributed by atoms with E-state index in [9.17, 15) is 0 Å². The summed E-state index contributed by atoms with van der Waals surface area (Å²) in [6, 6.07) is 10.1. The van der Waals surface area contributed by atoms with Gasteiger partial charge >= 0.3 is 7.32 Å². The Morgan fingerprint density at radius 1 is 1.18 bits per heavy atom. The van der Waals surface area contributed by atoms with Crippen LogP contribution in [0.4, 0.5) is 0 Å². The molecule has 0 aromatic heterocycles. The molecule has 0 saturated carbocycles. The van der Waals surface area contributed by atoms with Crippen LogP contribution in [-0.4, -0.2) is 20.5 Å². The molecule has 1 atom stereocenters. The van der Waals surface area contributed by atoms with Gasteiger partial charge in [0.1, 0.15) is 0 Å². The molecular weight excluding hydrogens is 215 g/mol. The van der Waals surface area contributed by atoms with E-state index >= 15 is 0 Å². The van der Waals surface area contributed by atoms with Crippen molar-refractivity contribution in [1.82, 2.24) is 0 Å². The van der Waals surface area contributed by atoms with Crippen molar-refractivity contribution >= 4 is 7.32 Å². The third-order valence-corrected chi connectivity index (χ3v) is 2.80. The summed E-state index contributed by atoms with van der Waals surface area (Å²) in [7, 11) is -0.543. The van der Waals surface area contributed by atoms with E-state index in [4.69, 9.17) is 14.0 Å². The van der Waals surface area contributed by atoms with Crippen molar-refractivity contribution in [1.29, 1.82) is 0 Å². The molecule has 1 heterocycles. The van der Waals surface area contributed by atoms with Gasteiger partial charge in [-0.1, -0.05) is 44.2 Å². The van der Waals surface area contributed by atoms with E-state index in [2.05, 4.69) is 13.8 Å². The molecule has 0 amide bonds. The maximum Gasteiger partial charge on any atom is 0.639 e. The van der Waals surface area contributed by atoms with Crippen molar-refractivity contribution < 1.29 is 14.0 Å². The third kappa shape index (κ3) is 3.56. The predicted molar refractivity (Wildman–Crippen MR) is 67.4 cm³/mol. The average Bonchev–Trinajstić information content (AvgIpc) is 2.33. The fraction of sp³-hybridized carbons (Fsp3) is 0.538. The number of rotatable bonds is 3. The molecule has 0 spiro atoms. The van der Waals surface area contributed by atoms with Crippen molar-refractivity contribution in [2.45, 2.75) is 26.9 Å². The smallest absolute Gasteiger partial charge is 0.385 e. The molecule has 1 aromatic carbocycles. The highest BCUT2D eigenvalue weighted by atomic mass is 16.7. The SMILES string of the molecule is CC(OB1OCC(C)(C)CO1)c1ccccc1. The van der Waals surface area contributed by atoms with Gasteiger partial charge in [-0.2, -0.15) is 0 Å². The van der Waals surface area contributed by atoms with Gasteiger partial charge in [0.05, 0.1) is 6.10 Å². The highest BCUT2D eigenvalue weighted by Gasteiger charge is 2.35. The highest BCUT2D eigenvalue weighted by Crippen LogP contribution is 2.25. The second kappa shape index (κ2) is 5.21. The Hall–Kier alpha value is -0.835. The summed E-state index contributed by atoms with van der Waals surface area (Å²) < 4.78 is 16.8. The van der Waals surface area contributed by atoms with Gasteiger partial charge in [0.15, 0.2) is 0 Å². The first kappa shape index (κ1) is 12.6. The summed E-state index contributed by atoms with van der Waals surface area (Å²) >= 11 is 0. The lowest BCUT2D eigenvalue weighted by Gasteiger charge is -2.33. The minimum atomic E-state index is -0.543. The van der Waals surface area contributed by atoms with Crippen molar-refractivity contribution in [3.05, 3.63) is 35.9 Å².